The summed E-state index contributed by atoms with van der Waals surface area (Å²) in [6.07, 6.45) is 1.27. The minimum Gasteiger partial charge on any atom is -0.374 e. The van der Waals surface area contributed by atoms with Crippen molar-refractivity contribution < 1.29 is 9.53 Å². The number of halogens is 1. The summed E-state index contributed by atoms with van der Waals surface area (Å²) in [5, 5.41) is 0. The normalized spacial score (nSPS) is 42.1. The molecular formula is C13H22ClNO2. The summed E-state index contributed by atoms with van der Waals surface area (Å²) in [5.74, 6) is 1.74. The molecule has 0 bridgehead atoms. The largest absolute Gasteiger partial charge is 0.374 e. The van der Waals surface area contributed by atoms with E-state index in [-0.39, 0.29) is 24.0 Å². The van der Waals surface area contributed by atoms with E-state index >= 15 is 0 Å². The summed E-state index contributed by atoms with van der Waals surface area (Å²) in [7, 11) is 0. The summed E-state index contributed by atoms with van der Waals surface area (Å²) in [6.45, 7) is 7.87. The molecule has 0 aromatic rings. The highest BCUT2D eigenvalue weighted by Gasteiger charge is 2.44. The first-order valence-corrected chi connectivity index (χ1v) is 7.08. The van der Waals surface area contributed by atoms with Crippen LogP contribution in [0, 0.1) is 17.8 Å². The molecule has 0 aromatic carbocycles. The Morgan fingerprint density at radius 2 is 2.06 bits per heavy atom. The molecule has 0 aliphatic carbocycles. The highest BCUT2D eigenvalue weighted by atomic mass is 35.5. The van der Waals surface area contributed by atoms with Crippen LogP contribution in [0.15, 0.2) is 0 Å². The standard InChI is InChI=1S/C13H22ClNO2/c1-8-9(2)17-10(3)12(8)13(16)15-5-4-11(6-14)7-15/h8-12H,4-7H2,1-3H3. The van der Waals surface area contributed by atoms with Crippen molar-refractivity contribution in [1.29, 1.82) is 0 Å². The molecule has 2 heterocycles. The summed E-state index contributed by atoms with van der Waals surface area (Å²) in [6, 6.07) is 0. The van der Waals surface area contributed by atoms with Gasteiger partial charge in [-0.1, -0.05) is 6.92 Å². The maximum Gasteiger partial charge on any atom is 0.228 e. The van der Waals surface area contributed by atoms with Gasteiger partial charge in [0.1, 0.15) is 0 Å². The summed E-state index contributed by atoms with van der Waals surface area (Å²) < 4.78 is 5.75. The van der Waals surface area contributed by atoms with Gasteiger partial charge in [-0.25, -0.2) is 0 Å². The zero-order chi connectivity index (χ0) is 12.6. The molecule has 4 heteroatoms. The summed E-state index contributed by atoms with van der Waals surface area (Å²) in [4.78, 5) is 14.5. The van der Waals surface area contributed by atoms with Gasteiger partial charge in [-0.2, -0.15) is 0 Å². The van der Waals surface area contributed by atoms with E-state index in [1.165, 1.54) is 0 Å². The molecule has 3 nitrogen and oxygen atoms in total. The van der Waals surface area contributed by atoms with Gasteiger partial charge in [0.2, 0.25) is 5.91 Å². The Balaban J connectivity index is 2.00. The van der Waals surface area contributed by atoms with E-state index in [1.54, 1.807) is 0 Å². The van der Waals surface area contributed by atoms with Crippen LogP contribution in [-0.4, -0.2) is 42.0 Å². The first-order chi connectivity index (χ1) is 8.04. The van der Waals surface area contributed by atoms with Crippen LogP contribution in [0.1, 0.15) is 27.2 Å². The maximum atomic E-state index is 12.5. The predicted molar refractivity (Wildman–Crippen MR) is 68.1 cm³/mol. The predicted octanol–water partition coefficient (Wildman–Crippen LogP) is 2.13. The fourth-order valence-corrected chi connectivity index (χ4v) is 3.31. The SMILES string of the molecule is CC1OC(C)C(C(=O)N2CCC(CCl)C2)C1C. The Kier molecular flexibility index (Phi) is 3.99. The molecule has 5 atom stereocenters. The second-order valence-corrected chi connectivity index (χ2v) is 5.83. The lowest BCUT2D eigenvalue weighted by Gasteiger charge is -2.24. The number of alkyl halides is 1. The zero-order valence-corrected chi connectivity index (χ0v) is 11.6. The minimum absolute atomic E-state index is 0.0269. The van der Waals surface area contributed by atoms with Gasteiger partial charge in [-0.15, -0.1) is 11.6 Å². The topological polar surface area (TPSA) is 29.5 Å². The Morgan fingerprint density at radius 1 is 1.35 bits per heavy atom. The van der Waals surface area contributed by atoms with Crippen molar-refractivity contribution >= 4 is 17.5 Å². The third-order valence-electron chi connectivity index (χ3n) is 4.34. The van der Waals surface area contributed by atoms with Crippen LogP contribution >= 0.6 is 11.6 Å². The van der Waals surface area contributed by atoms with Crippen molar-refractivity contribution in [2.75, 3.05) is 19.0 Å². The number of nitrogens with zero attached hydrogens (tertiary/aromatic N) is 1. The fourth-order valence-electron chi connectivity index (χ4n) is 3.06. The average molecular weight is 260 g/mol. The third kappa shape index (κ3) is 2.45. The molecule has 98 valence electrons. The average Bonchev–Trinajstić information content (AvgIpc) is 2.85. The highest BCUT2D eigenvalue weighted by molar-refractivity contribution is 6.18. The molecule has 17 heavy (non-hydrogen) atoms. The van der Waals surface area contributed by atoms with Gasteiger partial charge < -0.3 is 9.64 Å². The van der Waals surface area contributed by atoms with Crippen molar-refractivity contribution in [3.8, 4) is 0 Å². The number of ether oxygens (including phenoxy) is 1. The molecule has 0 aromatic heterocycles. The van der Waals surface area contributed by atoms with Crippen LogP contribution in [0.25, 0.3) is 0 Å². The van der Waals surface area contributed by atoms with Gasteiger partial charge in [0.05, 0.1) is 18.1 Å². The highest BCUT2D eigenvalue weighted by Crippen LogP contribution is 2.34. The molecule has 2 rings (SSSR count). The molecule has 2 aliphatic heterocycles. The Morgan fingerprint density at radius 3 is 2.53 bits per heavy atom. The van der Waals surface area contributed by atoms with E-state index in [9.17, 15) is 4.79 Å². The van der Waals surface area contributed by atoms with Crippen LogP contribution < -0.4 is 0 Å². The smallest absolute Gasteiger partial charge is 0.228 e. The summed E-state index contributed by atoms with van der Waals surface area (Å²) >= 11 is 5.86. The Hall–Kier alpha value is -0.280. The monoisotopic (exact) mass is 259 g/mol. The number of rotatable bonds is 2. The van der Waals surface area contributed by atoms with E-state index in [1.807, 2.05) is 11.8 Å². The lowest BCUT2D eigenvalue weighted by molar-refractivity contribution is -0.136. The van der Waals surface area contributed by atoms with Crippen molar-refractivity contribution in [1.82, 2.24) is 4.90 Å². The Bertz CT molecular complexity index is 297. The number of hydrogen-bond acceptors (Lipinski definition) is 2. The number of likely N-dealkylation sites (tertiary alicyclic amines) is 1. The van der Waals surface area contributed by atoms with Crippen molar-refractivity contribution in [2.24, 2.45) is 17.8 Å². The zero-order valence-electron chi connectivity index (χ0n) is 10.9. The molecule has 2 aliphatic rings. The maximum absolute atomic E-state index is 12.5. The second-order valence-electron chi connectivity index (χ2n) is 5.52. The lowest BCUT2D eigenvalue weighted by Crippen LogP contribution is -2.39. The van der Waals surface area contributed by atoms with Crippen LogP contribution in [-0.2, 0) is 9.53 Å². The van der Waals surface area contributed by atoms with Crippen LogP contribution in [0.5, 0.6) is 0 Å². The van der Waals surface area contributed by atoms with E-state index < -0.39 is 0 Å². The van der Waals surface area contributed by atoms with Gasteiger partial charge in [-0.05, 0) is 32.1 Å². The molecule has 0 N–H and O–H groups in total. The van der Waals surface area contributed by atoms with Crippen LogP contribution in [0.4, 0.5) is 0 Å². The van der Waals surface area contributed by atoms with Gasteiger partial charge in [0.15, 0.2) is 0 Å². The second kappa shape index (κ2) is 5.15. The van der Waals surface area contributed by atoms with Gasteiger partial charge in [0, 0.05) is 19.0 Å². The quantitative estimate of drug-likeness (QED) is 0.711. The number of hydrogen-bond donors (Lipinski definition) is 0. The van der Waals surface area contributed by atoms with Crippen molar-refractivity contribution in [3.63, 3.8) is 0 Å². The third-order valence-corrected chi connectivity index (χ3v) is 4.78. The first kappa shape index (κ1) is 13.2. The van der Waals surface area contributed by atoms with E-state index in [0.717, 1.165) is 19.5 Å². The molecule has 1 amide bonds. The molecule has 2 saturated heterocycles. The van der Waals surface area contributed by atoms with Crippen molar-refractivity contribution in [3.05, 3.63) is 0 Å². The van der Waals surface area contributed by atoms with Crippen molar-refractivity contribution in [2.45, 2.75) is 39.4 Å². The van der Waals surface area contributed by atoms with Gasteiger partial charge >= 0.3 is 0 Å². The Labute approximate surface area is 108 Å². The number of carbonyl (C=O) groups is 1. The molecule has 2 fully saturated rings. The molecular weight excluding hydrogens is 238 g/mol. The van der Waals surface area contributed by atoms with Crippen LogP contribution in [0.3, 0.4) is 0 Å². The van der Waals surface area contributed by atoms with E-state index in [4.69, 9.17) is 16.3 Å². The van der Waals surface area contributed by atoms with Crippen LogP contribution in [0.2, 0.25) is 0 Å². The minimum atomic E-state index is 0.0269. The fraction of sp³-hybridized carbons (Fsp3) is 0.923. The van der Waals surface area contributed by atoms with E-state index in [0.29, 0.717) is 17.7 Å². The summed E-state index contributed by atoms with van der Waals surface area (Å²) in [5.41, 5.74) is 0. The van der Waals surface area contributed by atoms with E-state index in [2.05, 4.69) is 13.8 Å². The number of carbonyl (C=O) groups excluding carboxylic acids is 1. The number of amides is 1. The molecule has 0 spiro atoms. The molecule has 0 saturated carbocycles. The lowest BCUT2D eigenvalue weighted by atomic mass is 9.88. The molecule has 5 unspecified atom stereocenters. The molecule has 0 radical (unpaired) electrons. The first-order valence-electron chi connectivity index (χ1n) is 6.54. The van der Waals surface area contributed by atoms with Gasteiger partial charge in [-0.3, -0.25) is 4.79 Å². The van der Waals surface area contributed by atoms with Gasteiger partial charge in [0.25, 0.3) is 0 Å².